The normalized spacial score (nSPS) is 20.3. The number of phenolic OH excluding ortho intramolecular Hbond substituents is 1. The number of hydrogen-bond acceptors (Lipinski definition) is 7. The highest BCUT2D eigenvalue weighted by molar-refractivity contribution is 6.09. The number of aryl methyl sites for hydroxylation is 1. The number of fused-ring (bicyclic) bond motifs is 2. The van der Waals surface area contributed by atoms with E-state index in [1.54, 1.807) is 17.0 Å². The molecule has 8 heteroatoms. The minimum Gasteiger partial charge on any atom is -0.508 e. The molecule has 1 saturated heterocycles. The largest absolute Gasteiger partial charge is 0.508 e. The van der Waals surface area contributed by atoms with Crippen molar-refractivity contribution in [2.24, 2.45) is 5.41 Å². The smallest absolute Gasteiger partial charge is 0.318 e. The summed E-state index contributed by atoms with van der Waals surface area (Å²) in [5.74, 6) is 0.809. The molecule has 2 fully saturated rings. The van der Waals surface area contributed by atoms with Gasteiger partial charge in [-0.15, -0.1) is 0 Å². The van der Waals surface area contributed by atoms with Gasteiger partial charge in [0.05, 0.1) is 37.6 Å². The van der Waals surface area contributed by atoms with Crippen LogP contribution < -0.4 is 9.64 Å². The Kier molecular flexibility index (Phi) is 6.38. The maximum absolute atomic E-state index is 13.9. The molecule has 3 aromatic rings. The fraction of sp³-hybridized carbons (Fsp3) is 0.500. The highest BCUT2D eigenvalue weighted by Gasteiger charge is 2.43. The van der Waals surface area contributed by atoms with Crippen LogP contribution >= 0.6 is 0 Å². The third kappa shape index (κ3) is 4.55. The number of carbonyl (C=O) groups is 1. The molecule has 1 aromatic heterocycles. The molecular weight excluding hydrogens is 480 g/mol. The van der Waals surface area contributed by atoms with Crippen LogP contribution in [0.15, 0.2) is 30.3 Å². The number of hydrogen-bond donors (Lipinski definition) is 2. The number of phenols is 1. The van der Waals surface area contributed by atoms with Gasteiger partial charge in [-0.3, -0.25) is 4.79 Å². The van der Waals surface area contributed by atoms with Crippen molar-refractivity contribution in [2.45, 2.75) is 71.5 Å². The molecule has 3 aliphatic rings. The van der Waals surface area contributed by atoms with Gasteiger partial charge in [-0.2, -0.15) is 9.97 Å². The summed E-state index contributed by atoms with van der Waals surface area (Å²) in [6, 6.07) is 9.77. The first-order valence-electron chi connectivity index (χ1n) is 13.8. The zero-order valence-corrected chi connectivity index (χ0v) is 22.2. The summed E-state index contributed by atoms with van der Waals surface area (Å²) in [6.45, 7) is 6.41. The Bertz CT molecular complexity index is 1390. The molecule has 8 nitrogen and oxygen atoms in total. The van der Waals surface area contributed by atoms with Crippen LogP contribution in [-0.4, -0.2) is 56.8 Å². The molecule has 3 heterocycles. The van der Waals surface area contributed by atoms with Crippen molar-refractivity contribution in [2.75, 3.05) is 24.7 Å². The van der Waals surface area contributed by atoms with E-state index in [9.17, 15) is 15.0 Å². The first kappa shape index (κ1) is 24.9. The summed E-state index contributed by atoms with van der Waals surface area (Å²) < 4.78 is 6.07. The van der Waals surface area contributed by atoms with Gasteiger partial charge in [0, 0.05) is 23.6 Å². The fourth-order valence-corrected chi connectivity index (χ4v) is 5.93. The van der Waals surface area contributed by atoms with Gasteiger partial charge in [-0.05, 0) is 68.0 Å². The number of aliphatic hydroxyl groups excluding tert-OH is 1. The second-order valence-corrected chi connectivity index (χ2v) is 11.4. The number of nitrogens with zero attached hydrogens (tertiary/aromatic N) is 4. The SMILES string of the molecule is Cc1cccc2cc(O)cc(C(=O)N3Cc4nc(OCC5(CO)CC5)nc(N5CCCCCC5C)c4C3)c12. The molecule has 38 heavy (non-hydrogen) atoms. The minimum atomic E-state index is -0.172. The van der Waals surface area contributed by atoms with Gasteiger partial charge in [0.25, 0.3) is 5.91 Å². The summed E-state index contributed by atoms with van der Waals surface area (Å²) in [4.78, 5) is 27.7. The van der Waals surface area contributed by atoms with Crippen molar-refractivity contribution in [1.29, 1.82) is 0 Å². The molecule has 6 rings (SSSR count). The first-order chi connectivity index (χ1) is 18.4. The number of rotatable bonds is 6. The Labute approximate surface area is 223 Å². The Morgan fingerprint density at radius 1 is 1.16 bits per heavy atom. The van der Waals surface area contributed by atoms with Crippen LogP contribution in [0.5, 0.6) is 11.8 Å². The van der Waals surface area contributed by atoms with Crippen LogP contribution in [-0.2, 0) is 13.1 Å². The zero-order valence-electron chi connectivity index (χ0n) is 22.2. The van der Waals surface area contributed by atoms with E-state index in [1.165, 1.54) is 12.8 Å². The van der Waals surface area contributed by atoms with Crippen LogP contribution in [0, 0.1) is 12.3 Å². The van der Waals surface area contributed by atoms with Crippen molar-refractivity contribution in [3.63, 3.8) is 0 Å². The van der Waals surface area contributed by atoms with E-state index in [0.29, 0.717) is 37.3 Å². The van der Waals surface area contributed by atoms with Crippen molar-refractivity contribution >= 4 is 22.5 Å². The van der Waals surface area contributed by atoms with Gasteiger partial charge < -0.3 is 24.7 Å². The third-order valence-corrected chi connectivity index (χ3v) is 8.55. The lowest BCUT2D eigenvalue weighted by Gasteiger charge is -2.30. The van der Waals surface area contributed by atoms with E-state index in [4.69, 9.17) is 14.7 Å². The van der Waals surface area contributed by atoms with E-state index in [1.807, 2.05) is 25.1 Å². The maximum atomic E-state index is 13.9. The predicted molar refractivity (Wildman–Crippen MR) is 145 cm³/mol. The van der Waals surface area contributed by atoms with Crippen LogP contribution in [0.3, 0.4) is 0 Å². The molecule has 1 atom stereocenters. The van der Waals surface area contributed by atoms with Gasteiger partial charge in [0.2, 0.25) is 0 Å². The molecule has 0 spiro atoms. The van der Waals surface area contributed by atoms with E-state index >= 15 is 0 Å². The zero-order chi connectivity index (χ0) is 26.4. The molecule has 1 amide bonds. The van der Waals surface area contributed by atoms with Crippen LogP contribution in [0.2, 0.25) is 0 Å². The Morgan fingerprint density at radius 3 is 2.79 bits per heavy atom. The van der Waals surface area contributed by atoms with Gasteiger partial charge in [-0.25, -0.2) is 0 Å². The van der Waals surface area contributed by atoms with Gasteiger partial charge in [0.1, 0.15) is 11.6 Å². The molecule has 0 bridgehead atoms. The monoisotopic (exact) mass is 516 g/mol. The molecule has 200 valence electrons. The summed E-state index contributed by atoms with van der Waals surface area (Å²) in [5, 5.41) is 21.8. The summed E-state index contributed by atoms with van der Waals surface area (Å²) in [7, 11) is 0. The Balaban J connectivity index is 1.35. The highest BCUT2D eigenvalue weighted by atomic mass is 16.5. The lowest BCUT2D eigenvalue weighted by atomic mass is 9.98. The van der Waals surface area contributed by atoms with Crippen molar-refractivity contribution in [3.05, 3.63) is 52.7 Å². The average molecular weight is 517 g/mol. The standard InChI is InChI=1S/C30H36N4O4/c1-19-7-6-9-21-13-22(36)14-23(26(19)21)28(37)33-15-24-25(16-33)31-29(38-18-30(17-35)10-11-30)32-27(24)34-12-5-3-4-8-20(34)2/h6-7,9,13-14,20,35-36H,3-5,8,10-12,15-18H2,1-2H3. The summed E-state index contributed by atoms with van der Waals surface area (Å²) in [6.07, 6.45) is 6.49. The second kappa shape index (κ2) is 9.73. The van der Waals surface area contributed by atoms with Crippen molar-refractivity contribution in [1.82, 2.24) is 14.9 Å². The maximum Gasteiger partial charge on any atom is 0.318 e. The lowest BCUT2D eigenvalue weighted by Crippen LogP contribution is -2.34. The molecule has 1 aliphatic carbocycles. The van der Waals surface area contributed by atoms with Gasteiger partial charge in [0.15, 0.2) is 0 Å². The number of aromatic hydroxyl groups is 1. The quantitative estimate of drug-likeness (QED) is 0.489. The van der Waals surface area contributed by atoms with E-state index < -0.39 is 0 Å². The molecule has 2 N–H and O–H groups in total. The van der Waals surface area contributed by atoms with E-state index in [-0.39, 0.29) is 23.7 Å². The lowest BCUT2D eigenvalue weighted by molar-refractivity contribution is 0.0751. The van der Waals surface area contributed by atoms with E-state index in [2.05, 4.69) is 11.8 Å². The minimum absolute atomic E-state index is 0.0793. The topological polar surface area (TPSA) is 99.0 Å². The van der Waals surface area contributed by atoms with Crippen molar-refractivity contribution in [3.8, 4) is 11.8 Å². The predicted octanol–water partition coefficient (Wildman–Crippen LogP) is 4.72. The summed E-state index contributed by atoms with van der Waals surface area (Å²) in [5.41, 5.74) is 3.11. The number of aliphatic hydroxyl groups is 1. The number of aromatic nitrogens is 2. The molecule has 2 aliphatic heterocycles. The van der Waals surface area contributed by atoms with Crippen LogP contribution in [0.4, 0.5) is 5.82 Å². The first-order valence-corrected chi connectivity index (χ1v) is 13.8. The fourth-order valence-electron chi connectivity index (χ4n) is 5.93. The average Bonchev–Trinajstić information content (AvgIpc) is 3.62. The number of carbonyl (C=O) groups excluding carboxylic acids is 1. The molecule has 0 radical (unpaired) electrons. The van der Waals surface area contributed by atoms with Crippen LogP contribution in [0.25, 0.3) is 10.8 Å². The third-order valence-electron chi connectivity index (χ3n) is 8.55. The molecule has 2 aromatic carbocycles. The Morgan fingerprint density at radius 2 is 2.00 bits per heavy atom. The number of ether oxygens (including phenoxy) is 1. The number of benzene rings is 2. The highest BCUT2D eigenvalue weighted by Crippen LogP contribution is 2.45. The summed E-state index contributed by atoms with van der Waals surface area (Å²) >= 11 is 0. The number of anilines is 1. The van der Waals surface area contributed by atoms with Gasteiger partial charge >= 0.3 is 6.01 Å². The molecule has 1 saturated carbocycles. The molecular formula is C30H36N4O4. The second-order valence-electron chi connectivity index (χ2n) is 11.4. The number of amides is 1. The van der Waals surface area contributed by atoms with Gasteiger partial charge in [-0.1, -0.05) is 31.0 Å². The van der Waals surface area contributed by atoms with E-state index in [0.717, 1.165) is 65.6 Å². The van der Waals surface area contributed by atoms with Crippen LogP contribution in [0.1, 0.15) is 72.6 Å². The Hall–Kier alpha value is -3.39. The molecule has 1 unspecified atom stereocenters. The van der Waals surface area contributed by atoms with Crippen molar-refractivity contribution < 1.29 is 19.7 Å².